The van der Waals surface area contributed by atoms with Crippen LogP contribution in [-0.2, 0) is 0 Å². The average Bonchev–Trinajstić information content (AvgIpc) is 2.97. The number of aromatic carboxylic acids is 1. The number of rotatable bonds is 2. The van der Waals surface area contributed by atoms with Gasteiger partial charge in [0.15, 0.2) is 11.5 Å². The number of aromatic nitrogens is 2. The molecular weight excluding hydrogens is 284 g/mol. The molecule has 0 unspecified atom stereocenters. The third kappa shape index (κ3) is 2.05. The van der Waals surface area contributed by atoms with Crippen molar-refractivity contribution in [1.82, 2.24) is 9.38 Å². The van der Waals surface area contributed by atoms with E-state index in [1.54, 1.807) is 22.7 Å². The van der Waals surface area contributed by atoms with E-state index >= 15 is 0 Å². The second kappa shape index (κ2) is 4.77. The number of carboxylic acid groups (broad SMARTS) is 1. The lowest BCUT2D eigenvalue weighted by Crippen LogP contribution is -2.15. The van der Waals surface area contributed by atoms with Gasteiger partial charge >= 0.3 is 5.97 Å². The van der Waals surface area contributed by atoms with E-state index in [1.807, 2.05) is 24.4 Å². The number of carbonyl (C=O) groups is 1. The number of pyridine rings is 1. The predicted molar refractivity (Wildman–Crippen MR) is 78.6 cm³/mol. The molecule has 1 N–H and O–H groups in total. The largest absolute Gasteiger partial charge is 0.486 e. The quantitative estimate of drug-likeness (QED) is 0.786. The Bertz CT molecular complexity index is 885. The normalized spacial score (nSPS) is 13.3. The second-order valence-corrected chi connectivity index (χ2v) is 4.97. The number of hydrogen-bond acceptors (Lipinski definition) is 4. The lowest BCUT2D eigenvalue weighted by atomic mass is 10.1. The Morgan fingerprint density at radius 3 is 2.77 bits per heavy atom. The van der Waals surface area contributed by atoms with Gasteiger partial charge in [0.05, 0.1) is 11.3 Å². The molecule has 0 radical (unpaired) electrons. The highest BCUT2D eigenvalue weighted by atomic mass is 16.6. The zero-order valence-electron chi connectivity index (χ0n) is 11.5. The smallest absolute Gasteiger partial charge is 0.335 e. The first-order valence-corrected chi connectivity index (χ1v) is 6.83. The van der Waals surface area contributed by atoms with Gasteiger partial charge in [0.1, 0.15) is 18.9 Å². The first-order valence-electron chi connectivity index (χ1n) is 6.83. The lowest BCUT2D eigenvalue weighted by Gasteiger charge is -2.18. The summed E-state index contributed by atoms with van der Waals surface area (Å²) >= 11 is 0. The van der Waals surface area contributed by atoms with Crippen molar-refractivity contribution in [2.45, 2.75) is 0 Å². The number of imidazole rings is 1. The molecule has 4 rings (SSSR count). The highest BCUT2D eigenvalue weighted by Crippen LogP contribution is 2.34. The van der Waals surface area contributed by atoms with Gasteiger partial charge in [-0.1, -0.05) is 0 Å². The molecule has 6 heteroatoms. The number of nitrogens with zero attached hydrogens (tertiary/aromatic N) is 2. The Morgan fingerprint density at radius 1 is 1.14 bits per heavy atom. The van der Waals surface area contributed by atoms with Crippen LogP contribution < -0.4 is 9.47 Å². The maximum atomic E-state index is 11.0. The van der Waals surface area contributed by atoms with Gasteiger partial charge in [-0.25, -0.2) is 9.78 Å². The molecule has 6 nitrogen and oxygen atoms in total. The van der Waals surface area contributed by atoms with Crippen LogP contribution in [0.5, 0.6) is 11.5 Å². The van der Waals surface area contributed by atoms with Crippen LogP contribution in [0, 0.1) is 0 Å². The molecule has 22 heavy (non-hydrogen) atoms. The molecule has 3 aromatic rings. The molecule has 0 aliphatic carbocycles. The molecule has 3 heterocycles. The highest BCUT2D eigenvalue weighted by Gasteiger charge is 2.14. The third-order valence-electron chi connectivity index (χ3n) is 3.55. The van der Waals surface area contributed by atoms with E-state index in [1.165, 1.54) is 0 Å². The highest BCUT2D eigenvalue weighted by molar-refractivity contribution is 5.88. The van der Waals surface area contributed by atoms with Gasteiger partial charge in [-0.2, -0.15) is 0 Å². The minimum Gasteiger partial charge on any atom is -0.486 e. The van der Waals surface area contributed by atoms with Crippen LogP contribution in [0.2, 0.25) is 0 Å². The molecule has 0 atom stereocenters. The fourth-order valence-corrected chi connectivity index (χ4v) is 2.46. The molecule has 1 aliphatic heterocycles. The van der Waals surface area contributed by atoms with E-state index < -0.39 is 5.97 Å². The fraction of sp³-hybridized carbons (Fsp3) is 0.125. The molecule has 1 aromatic carbocycles. The Balaban J connectivity index is 1.79. The van der Waals surface area contributed by atoms with Crippen LogP contribution in [0.3, 0.4) is 0 Å². The minimum atomic E-state index is -0.966. The summed E-state index contributed by atoms with van der Waals surface area (Å²) in [6, 6.07) is 8.74. The van der Waals surface area contributed by atoms with Crippen molar-refractivity contribution >= 4 is 11.6 Å². The standard InChI is InChI=1S/C16H12N2O4/c19-16(20)11-3-4-18-9-12(17-15(18)8-11)10-1-2-13-14(7-10)22-6-5-21-13/h1-4,7-9H,5-6H2,(H,19,20). The minimum absolute atomic E-state index is 0.215. The summed E-state index contributed by atoms with van der Waals surface area (Å²) in [6.07, 6.45) is 3.54. The molecule has 0 saturated carbocycles. The second-order valence-electron chi connectivity index (χ2n) is 4.97. The van der Waals surface area contributed by atoms with Gasteiger partial charge < -0.3 is 19.0 Å². The van der Waals surface area contributed by atoms with Gasteiger partial charge in [-0.3, -0.25) is 0 Å². The molecule has 0 amide bonds. The molecule has 0 spiro atoms. The van der Waals surface area contributed by atoms with E-state index in [4.69, 9.17) is 14.6 Å². The Hall–Kier alpha value is -3.02. The van der Waals surface area contributed by atoms with Crippen molar-refractivity contribution in [1.29, 1.82) is 0 Å². The number of fused-ring (bicyclic) bond motifs is 2. The summed E-state index contributed by atoms with van der Waals surface area (Å²) < 4.78 is 12.9. The maximum absolute atomic E-state index is 11.0. The van der Waals surface area contributed by atoms with Crippen LogP contribution in [0.4, 0.5) is 0 Å². The van der Waals surface area contributed by atoms with Crippen molar-refractivity contribution in [3.8, 4) is 22.8 Å². The maximum Gasteiger partial charge on any atom is 0.335 e. The first kappa shape index (κ1) is 12.7. The Kier molecular flexibility index (Phi) is 2.75. The van der Waals surface area contributed by atoms with Crippen LogP contribution in [0.15, 0.2) is 42.7 Å². The van der Waals surface area contributed by atoms with E-state index in [0.717, 1.165) is 17.0 Å². The van der Waals surface area contributed by atoms with Crippen molar-refractivity contribution < 1.29 is 19.4 Å². The summed E-state index contributed by atoms with van der Waals surface area (Å²) in [5.74, 6) is 0.463. The van der Waals surface area contributed by atoms with Gasteiger partial charge in [0, 0.05) is 18.0 Å². The summed E-state index contributed by atoms with van der Waals surface area (Å²) in [5, 5.41) is 9.03. The lowest BCUT2D eigenvalue weighted by molar-refractivity contribution is 0.0697. The number of carboxylic acids is 1. The molecular formula is C16H12N2O4. The van der Waals surface area contributed by atoms with E-state index in [-0.39, 0.29) is 5.56 Å². The zero-order chi connectivity index (χ0) is 15.1. The first-order chi connectivity index (χ1) is 10.7. The van der Waals surface area contributed by atoms with Crippen LogP contribution in [0.25, 0.3) is 16.9 Å². The predicted octanol–water partition coefficient (Wildman–Crippen LogP) is 2.47. The third-order valence-corrected chi connectivity index (χ3v) is 3.55. The van der Waals surface area contributed by atoms with E-state index in [2.05, 4.69) is 4.98 Å². The summed E-state index contributed by atoms with van der Waals surface area (Å²) in [5.41, 5.74) is 2.45. The van der Waals surface area contributed by atoms with Crippen molar-refractivity contribution in [2.75, 3.05) is 13.2 Å². The van der Waals surface area contributed by atoms with Crippen LogP contribution >= 0.6 is 0 Å². The van der Waals surface area contributed by atoms with Crippen molar-refractivity contribution in [3.63, 3.8) is 0 Å². The van der Waals surface area contributed by atoms with Crippen molar-refractivity contribution in [2.24, 2.45) is 0 Å². The molecule has 0 bridgehead atoms. The molecule has 0 fully saturated rings. The van der Waals surface area contributed by atoms with Gasteiger partial charge in [-0.05, 0) is 30.3 Å². The van der Waals surface area contributed by atoms with Crippen LogP contribution in [0.1, 0.15) is 10.4 Å². The molecule has 110 valence electrons. The number of ether oxygens (including phenoxy) is 2. The van der Waals surface area contributed by atoms with Gasteiger partial charge in [-0.15, -0.1) is 0 Å². The zero-order valence-corrected chi connectivity index (χ0v) is 11.5. The fourth-order valence-electron chi connectivity index (χ4n) is 2.46. The molecule has 2 aromatic heterocycles. The van der Waals surface area contributed by atoms with Crippen molar-refractivity contribution in [3.05, 3.63) is 48.3 Å². The van der Waals surface area contributed by atoms with E-state index in [0.29, 0.717) is 24.6 Å². The topological polar surface area (TPSA) is 73.1 Å². The summed E-state index contributed by atoms with van der Waals surface area (Å²) in [4.78, 5) is 15.5. The SMILES string of the molecule is O=C(O)c1ccn2cc(-c3ccc4c(c3)OCCO4)nc2c1. The van der Waals surface area contributed by atoms with Gasteiger partial charge in [0.25, 0.3) is 0 Å². The van der Waals surface area contributed by atoms with E-state index in [9.17, 15) is 4.79 Å². The van der Waals surface area contributed by atoms with Crippen LogP contribution in [-0.4, -0.2) is 33.7 Å². The average molecular weight is 296 g/mol. The number of benzene rings is 1. The number of hydrogen-bond donors (Lipinski definition) is 1. The monoisotopic (exact) mass is 296 g/mol. The van der Waals surface area contributed by atoms with Gasteiger partial charge in [0.2, 0.25) is 0 Å². The molecule has 1 aliphatic rings. The summed E-state index contributed by atoms with van der Waals surface area (Å²) in [6.45, 7) is 1.09. The summed E-state index contributed by atoms with van der Waals surface area (Å²) in [7, 11) is 0. The molecule has 0 saturated heterocycles. The Labute approximate surface area is 125 Å². The Morgan fingerprint density at radius 2 is 1.95 bits per heavy atom.